The fraction of sp³-hybridized carbons (Fsp3) is 0.455. The summed E-state index contributed by atoms with van der Waals surface area (Å²) in [5, 5.41) is 13.3. The minimum absolute atomic E-state index is 0.106. The van der Waals surface area contributed by atoms with Crippen LogP contribution in [0, 0.1) is 0 Å². The third-order valence-electron chi connectivity index (χ3n) is 5.30. The predicted molar refractivity (Wildman–Crippen MR) is 119 cm³/mol. The van der Waals surface area contributed by atoms with E-state index in [1.54, 1.807) is 36.4 Å². The highest BCUT2D eigenvalue weighted by atomic mass is 16.5. The monoisotopic (exact) mass is 426 g/mol. The molecule has 4 N–H and O–H groups in total. The maximum Gasteiger partial charge on any atom is 0.258 e. The molecule has 0 aliphatic carbocycles. The smallest absolute Gasteiger partial charge is 0.258 e. The minimum Gasteiger partial charge on any atom is -0.480 e. The number of hydrogen-bond donors (Lipinski definition) is 3. The summed E-state index contributed by atoms with van der Waals surface area (Å²) < 4.78 is 4.96. The van der Waals surface area contributed by atoms with Crippen molar-refractivity contribution in [1.29, 1.82) is 0 Å². The molecule has 1 saturated heterocycles. The van der Waals surface area contributed by atoms with E-state index in [1.807, 2.05) is 0 Å². The van der Waals surface area contributed by atoms with Gasteiger partial charge in [-0.15, -0.1) is 10.2 Å². The minimum atomic E-state index is -0.376. The van der Waals surface area contributed by atoms with Gasteiger partial charge in [0.25, 0.3) is 5.91 Å². The SMILES string of the molecule is COc1ccc(NC(=O)c2ccccc2NC(=O)CCCCN2CCC(N)CC2)nn1. The highest BCUT2D eigenvalue weighted by Gasteiger charge is 2.16. The number of ether oxygens (including phenoxy) is 1. The van der Waals surface area contributed by atoms with Crippen LogP contribution < -0.4 is 21.1 Å². The van der Waals surface area contributed by atoms with Gasteiger partial charge in [0.2, 0.25) is 11.8 Å². The number of aromatic nitrogens is 2. The number of carbonyl (C=O) groups is 2. The van der Waals surface area contributed by atoms with E-state index in [0.29, 0.717) is 35.4 Å². The van der Waals surface area contributed by atoms with Crippen molar-refractivity contribution in [2.75, 3.05) is 37.4 Å². The standard InChI is InChI=1S/C22H30N6O3/c1-31-21-10-9-19(26-27-21)25-22(30)17-6-2-3-7-18(17)24-20(29)8-4-5-13-28-14-11-16(23)12-15-28/h2-3,6-7,9-10,16H,4-5,8,11-15,23H2,1H3,(H,24,29)(H,25,26,30). The molecular formula is C22H30N6O3. The van der Waals surface area contributed by atoms with E-state index in [0.717, 1.165) is 45.3 Å². The molecule has 0 bridgehead atoms. The fourth-order valence-electron chi connectivity index (χ4n) is 3.48. The van der Waals surface area contributed by atoms with Crippen LogP contribution in [0.1, 0.15) is 42.5 Å². The van der Waals surface area contributed by atoms with Crippen molar-refractivity contribution in [2.24, 2.45) is 5.73 Å². The second kappa shape index (κ2) is 11.4. The Morgan fingerprint density at radius 3 is 2.58 bits per heavy atom. The van der Waals surface area contributed by atoms with Gasteiger partial charge in [0.05, 0.1) is 18.4 Å². The predicted octanol–water partition coefficient (Wildman–Crippen LogP) is 2.27. The summed E-state index contributed by atoms with van der Waals surface area (Å²) in [6.07, 6.45) is 4.25. The van der Waals surface area contributed by atoms with Crippen molar-refractivity contribution >= 4 is 23.3 Å². The van der Waals surface area contributed by atoms with Crippen LogP contribution in [0.25, 0.3) is 0 Å². The zero-order valence-electron chi connectivity index (χ0n) is 17.8. The third kappa shape index (κ3) is 7.01. The number of unbranched alkanes of at least 4 members (excludes halogenated alkanes) is 1. The first-order valence-electron chi connectivity index (χ1n) is 10.6. The zero-order chi connectivity index (χ0) is 22.1. The Morgan fingerprint density at radius 2 is 1.87 bits per heavy atom. The Labute approximate surface area is 182 Å². The molecule has 1 fully saturated rings. The van der Waals surface area contributed by atoms with E-state index < -0.39 is 0 Å². The molecule has 0 saturated carbocycles. The number of likely N-dealkylation sites (tertiary alicyclic amines) is 1. The van der Waals surface area contributed by atoms with Gasteiger partial charge < -0.3 is 26.0 Å². The number of nitrogens with two attached hydrogens (primary N) is 1. The van der Waals surface area contributed by atoms with Crippen LogP contribution in [0.5, 0.6) is 5.88 Å². The number of amides is 2. The first-order valence-corrected chi connectivity index (χ1v) is 10.6. The fourth-order valence-corrected chi connectivity index (χ4v) is 3.48. The normalized spacial score (nSPS) is 14.8. The van der Waals surface area contributed by atoms with Crippen LogP contribution in [-0.2, 0) is 4.79 Å². The highest BCUT2D eigenvalue weighted by molar-refractivity contribution is 6.09. The van der Waals surface area contributed by atoms with Crippen LogP contribution >= 0.6 is 0 Å². The van der Waals surface area contributed by atoms with Gasteiger partial charge in [-0.05, 0) is 63.5 Å². The average Bonchev–Trinajstić information content (AvgIpc) is 2.79. The second-order valence-corrected chi connectivity index (χ2v) is 7.64. The molecule has 1 aromatic heterocycles. The number of carbonyl (C=O) groups excluding carboxylic acids is 2. The molecule has 0 spiro atoms. The van der Waals surface area contributed by atoms with Gasteiger partial charge in [-0.1, -0.05) is 12.1 Å². The first kappa shape index (κ1) is 22.6. The molecule has 3 rings (SSSR count). The number of nitrogens with one attached hydrogen (secondary N) is 2. The van der Waals surface area contributed by atoms with E-state index >= 15 is 0 Å². The van der Waals surface area contributed by atoms with Gasteiger partial charge in [0.1, 0.15) is 0 Å². The van der Waals surface area contributed by atoms with E-state index in [9.17, 15) is 9.59 Å². The first-order chi connectivity index (χ1) is 15.0. The summed E-state index contributed by atoms with van der Waals surface area (Å²) in [6.45, 7) is 3.06. The van der Waals surface area contributed by atoms with Crippen molar-refractivity contribution in [1.82, 2.24) is 15.1 Å². The lowest BCUT2D eigenvalue weighted by molar-refractivity contribution is -0.116. The number of nitrogens with zero attached hydrogens (tertiary/aromatic N) is 3. The van der Waals surface area contributed by atoms with Crippen LogP contribution in [0.4, 0.5) is 11.5 Å². The third-order valence-corrected chi connectivity index (χ3v) is 5.30. The van der Waals surface area contributed by atoms with Crippen LogP contribution in [0.15, 0.2) is 36.4 Å². The maximum absolute atomic E-state index is 12.7. The lowest BCUT2D eigenvalue weighted by atomic mass is 10.1. The Kier molecular flexibility index (Phi) is 8.31. The maximum atomic E-state index is 12.7. The van der Waals surface area contributed by atoms with Gasteiger partial charge in [-0.2, -0.15) is 0 Å². The van der Waals surface area contributed by atoms with Crippen molar-refractivity contribution in [3.05, 3.63) is 42.0 Å². The van der Waals surface area contributed by atoms with E-state index in [4.69, 9.17) is 10.5 Å². The van der Waals surface area contributed by atoms with Crippen molar-refractivity contribution < 1.29 is 14.3 Å². The van der Waals surface area contributed by atoms with Gasteiger partial charge in [-0.3, -0.25) is 9.59 Å². The Bertz CT molecular complexity index is 866. The zero-order valence-corrected chi connectivity index (χ0v) is 17.8. The molecule has 0 unspecified atom stereocenters. The summed E-state index contributed by atoms with van der Waals surface area (Å²) >= 11 is 0. The number of methoxy groups -OCH3 is 1. The highest BCUT2D eigenvalue weighted by Crippen LogP contribution is 2.18. The van der Waals surface area contributed by atoms with Gasteiger partial charge in [0.15, 0.2) is 5.82 Å². The van der Waals surface area contributed by atoms with E-state index in [-0.39, 0.29) is 11.8 Å². The van der Waals surface area contributed by atoms with Crippen molar-refractivity contribution in [2.45, 2.75) is 38.1 Å². The average molecular weight is 427 g/mol. The number of piperidine rings is 1. The number of hydrogen-bond acceptors (Lipinski definition) is 7. The van der Waals surface area contributed by atoms with Gasteiger partial charge in [-0.25, -0.2) is 0 Å². The summed E-state index contributed by atoms with van der Waals surface area (Å²) in [4.78, 5) is 27.5. The molecule has 1 aliphatic rings. The van der Waals surface area contributed by atoms with Crippen molar-refractivity contribution in [3.8, 4) is 5.88 Å². The number of para-hydroxylation sites is 1. The molecule has 2 heterocycles. The molecule has 0 atom stereocenters. The summed E-state index contributed by atoms with van der Waals surface area (Å²) in [7, 11) is 1.49. The van der Waals surface area contributed by atoms with Crippen LogP contribution in [-0.4, -0.2) is 59.7 Å². The largest absolute Gasteiger partial charge is 0.480 e. The Morgan fingerprint density at radius 1 is 1.10 bits per heavy atom. The number of benzene rings is 1. The molecule has 9 nitrogen and oxygen atoms in total. The Hall–Kier alpha value is -3.04. The molecule has 166 valence electrons. The lowest BCUT2D eigenvalue weighted by Gasteiger charge is -2.29. The molecule has 31 heavy (non-hydrogen) atoms. The van der Waals surface area contributed by atoms with E-state index in [2.05, 4.69) is 25.7 Å². The van der Waals surface area contributed by atoms with Crippen LogP contribution in [0.3, 0.4) is 0 Å². The lowest BCUT2D eigenvalue weighted by Crippen LogP contribution is -2.40. The quantitative estimate of drug-likeness (QED) is 0.526. The molecule has 2 amide bonds. The second-order valence-electron chi connectivity index (χ2n) is 7.64. The molecule has 1 aliphatic heterocycles. The van der Waals surface area contributed by atoms with Gasteiger partial charge >= 0.3 is 0 Å². The molecule has 1 aromatic carbocycles. The molecule has 9 heteroatoms. The van der Waals surface area contributed by atoms with Crippen molar-refractivity contribution in [3.63, 3.8) is 0 Å². The summed E-state index contributed by atoms with van der Waals surface area (Å²) in [5.74, 6) is 0.170. The van der Waals surface area contributed by atoms with E-state index in [1.165, 1.54) is 7.11 Å². The van der Waals surface area contributed by atoms with Gasteiger partial charge in [0, 0.05) is 18.5 Å². The van der Waals surface area contributed by atoms with Crippen LogP contribution in [0.2, 0.25) is 0 Å². The number of anilines is 2. The molecular weight excluding hydrogens is 396 g/mol. The summed E-state index contributed by atoms with van der Waals surface area (Å²) in [5.41, 5.74) is 6.76. The topological polar surface area (TPSA) is 122 Å². The Balaban J connectivity index is 1.47. The molecule has 2 aromatic rings. The summed E-state index contributed by atoms with van der Waals surface area (Å²) in [6, 6.07) is 10.4. The number of rotatable bonds is 9. The molecule has 0 radical (unpaired) electrons.